The van der Waals surface area contributed by atoms with Gasteiger partial charge in [-0.25, -0.2) is 0 Å². The van der Waals surface area contributed by atoms with E-state index in [0.29, 0.717) is 30.5 Å². The van der Waals surface area contributed by atoms with Gasteiger partial charge in [-0.1, -0.05) is 30.6 Å². The third kappa shape index (κ3) is 5.42. The third-order valence-electron chi connectivity index (χ3n) is 4.52. The monoisotopic (exact) mass is 375 g/mol. The first-order valence-electron chi connectivity index (χ1n) is 9.14. The Labute approximate surface area is 157 Å². The predicted octanol–water partition coefficient (Wildman–Crippen LogP) is 4.39. The van der Waals surface area contributed by atoms with Crippen LogP contribution in [0, 0.1) is 0 Å². The Balaban J connectivity index is 1.36. The molecule has 1 amide bonds. The van der Waals surface area contributed by atoms with Gasteiger partial charge < -0.3 is 14.8 Å². The fourth-order valence-corrected chi connectivity index (χ4v) is 4.00. The molecule has 1 aromatic carbocycles. The molecule has 2 aromatic rings. The van der Waals surface area contributed by atoms with Crippen molar-refractivity contribution in [3.05, 3.63) is 29.3 Å². The average Bonchev–Trinajstić information content (AvgIpc) is 3.15. The highest BCUT2D eigenvalue weighted by atomic mass is 32.1. The summed E-state index contributed by atoms with van der Waals surface area (Å²) in [6.45, 7) is 0.489. The number of amides is 1. The summed E-state index contributed by atoms with van der Waals surface area (Å²) < 4.78 is 10.7. The number of hydrogen-bond donors (Lipinski definition) is 1. The Morgan fingerprint density at radius 1 is 1.15 bits per heavy atom. The minimum atomic E-state index is -0.0466. The van der Waals surface area contributed by atoms with Crippen molar-refractivity contribution in [3.8, 4) is 11.5 Å². The number of carbonyl (C=O) groups excluding carboxylic acids is 1. The van der Waals surface area contributed by atoms with E-state index in [1.165, 1.54) is 43.4 Å². The largest absolute Gasteiger partial charge is 0.497 e. The standard InChI is InChI=1S/C19H25N3O3S/c1-24-15-9-11-16(12-10-15)25-13-5-8-17(23)20-19-22-21-18(26-19)14-6-3-2-4-7-14/h9-12,14H,2-8,13H2,1H3,(H,20,22,23). The topological polar surface area (TPSA) is 73.3 Å². The van der Waals surface area contributed by atoms with Gasteiger partial charge in [-0.05, 0) is 43.5 Å². The molecular weight excluding hydrogens is 350 g/mol. The van der Waals surface area contributed by atoms with Gasteiger partial charge >= 0.3 is 0 Å². The maximum atomic E-state index is 12.0. The van der Waals surface area contributed by atoms with Gasteiger partial charge in [-0.15, -0.1) is 10.2 Å². The number of carbonyl (C=O) groups is 1. The lowest BCUT2D eigenvalue weighted by atomic mass is 9.90. The van der Waals surface area contributed by atoms with Crippen molar-refractivity contribution < 1.29 is 14.3 Å². The van der Waals surface area contributed by atoms with Gasteiger partial charge in [-0.3, -0.25) is 4.79 Å². The Kier molecular flexibility index (Phi) is 6.82. The number of benzene rings is 1. The zero-order valence-corrected chi connectivity index (χ0v) is 15.9. The molecule has 7 heteroatoms. The normalized spacial score (nSPS) is 14.8. The highest BCUT2D eigenvalue weighted by molar-refractivity contribution is 7.15. The average molecular weight is 375 g/mol. The van der Waals surface area contributed by atoms with E-state index in [9.17, 15) is 4.79 Å². The molecule has 1 heterocycles. The van der Waals surface area contributed by atoms with E-state index in [-0.39, 0.29) is 5.91 Å². The summed E-state index contributed by atoms with van der Waals surface area (Å²) in [6, 6.07) is 7.41. The molecule has 0 bridgehead atoms. The molecule has 1 fully saturated rings. The van der Waals surface area contributed by atoms with Crippen LogP contribution in [0.5, 0.6) is 11.5 Å². The zero-order valence-electron chi connectivity index (χ0n) is 15.1. The molecule has 3 rings (SSSR count). The number of anilines is 1. The van der Waals surface area contributed by atoms with Gasteiger partial charge in [-0.2, -0.15) is 0 Å². The summed E-state index contributed by atoms with van der Waals surface area (Å²) in [5.41, 5.74) is 0. The van der Waals surface area contributed by atoms with Gasteiger partial charge in [0.05, 0.1) is 13.7 Å². The van der Waals surface area contributed by atoms with Crippen LogP contribution in [0.25, 0.3) is 0 Å². The molecule has 6 nitrogen and oxygen atoms in total. The maximum Gasteiger partial charge on any atom is 0.226 e. The maximum absolute atomic E-state index is 12.0. The number of ether oxygens (including phenoxy) is 2. The summed E-state index contributed by atoms with van der Waals surface area (Å²) >= 11 is 1.51. The molecule has 1 N–H and O–H groups in total. The predicted molar refractivity (Wildman–Crippen MR) is 102 cm³/mol. The van der Waals surface area contributed by atoms with Crippen molar-refractivity contribution in [2.24, 2.45) is 0 Å². The van der Waals surface area contributed by atoms with E-state index in [1.54, 1.807) is 7.11 Å². The van der Waals surface area contributed by atoms with Crippen LogP contribution in [0.1, 0.15) is 55.9 Å². The Morgan fingerprint density at radius 3 is 2.62 bits per heavy atom. The van der Waals surface area contributed by atoms with Gasteiger partial charge in [0.25, 0.3) is 0 Å². The molecule has 1 aliphatic carbocycles. The lowest BCUT2D eigenvalue weighted by molar-refractivity contribution is -0.116. The zero-order chi connectivity index (χ0) is 18.2. The molecule has 26 heavy (non-hydrogen) atoms. The fourth-order valence-electron chi connectivity index (χ4n) is 3.08. The van der Waals surface area contributed by atoms with E-state index in [1.807, 2.05) is 24.3 Å². The van der Waals surface area contributed by atoms with Crippen molar-refractivity contribution in [1.82, 2.24) is 10.2 Å². The number of nitrogens with one attached hydrogen (secondary N) is 1. The minimum absolute atomic E-state index is 0.0466. The number of nitrogens with zero attached hydrogens (tertiary/aromatic N) is 2. The molecular formula is C19H25N3O3S. The first kappa shape index (κ1) is 18.6. The third-order valence-corrected chi connectivity index (χ3v) is 5.52. The Morgan fingerprint density at radius 2 is 1.88 bits per heavy atom. The SMILES string of the molecule is COc1ccc(OCCCC(=O)Nc2nnc(C3CCCCC3)s2)cc1. The summed E-state index contributed by atoms with van der Waals surface area (Å²) in [5, 5.41) is 12.9. The lowest BCUT2D eigenvalue weighted by Crippen LogP contribution is -2.12. The highest BCUT2D eigenvalue weighted by Gasteiger charge is 2.20. The van der Waals surface area contributed by atoms with Crippen LogP contribution in [0.15, 0.2) is 24.3 Å². The molecule has 0 saturated heterocycles. The second-order valence-electron chi connectivity index (χ2n) is 6.46. The van der Waals surface area contributed by atoms with Crippen LogP contribution in [-0.2, 0) is 4.79 Å². The molecule has 0 atom stereocenters. The Bertz CT molecular complexity index is 696. The van der Waals surface area contributed by atoms with Gasteiger partial charge in [0.15, 0.2) is 0 Å². The molecule has 1 saturated carbocycles. The van der Waals surface area contributed by atoms with Gasteiger partial charge in [0, 0.05) is 12.3 Å². The molecule has 140 valence electrons. The van der Waals surface area contributed by atoms with Crippen molar-refractivity contribution >= 4 is 22.4 Å². The lowest BCUT2D eigenvalue weighted by Gasteiger charge is -2.18. The molecule has 0 aliphatic heterocycles. The molecule has 1 aromatic heterocycles. The second-order valence-corrected chi connectivity index (χ2v) is 7.47. The van der Waals surface area contributed by atoms with Crippen molar-refractivity contribution in [1.29, 1.82) is 0 Å². The first-order valence-corrected chi connectivity index (χ1v) is 9.96. The number of rotatable bonds is 8. The summed E-state index contributed by atoms with van der Waals surface area (Å²) in [7, 11) is 1.63. The molecule has 0 radical (unpaired) electrons. The fraction of sp³-hybridized carbons (Fsp3) is 0.526. The first-order chi connectivity index (χ1) is 12.7. The van der Waals surface area contributed by atoms with Crippen LogP contribution in [0.2, 0.25) is 0 Å². The van der Waals surface area contributed by atoms with Gasteiger partial charge in [0.2, 0.25) is 11.0 Å². The summed E-state index contributed by atoms with van der Waals surface area (Å²) in [6.07, 6.45) is 7.26. The number of hydrogen-bond acceptors (Lipinski definition) is 6. The van der Waals surface area contributed by atoms with Crippen LogP contribution in [-0.4, -0.2) is 29.8 Å². The minimum Gasteiger partial charge on any atom is -0.497 e. The number of aromatic nitrogens is 2. The summed E-state index contributed by atoms with van der Waals surface area (Å²) in [5.74, 6) is 2.04. The van der Waals surface area contributed by atoms with Crippen LogP contribution >= 0.6 is 11.3 Å². The van der Waals surface area contributed by atoms with E-state index in [4.69, 9.17) is 9.47 Å². The quantitative estimate of drug-likeness (QED) is 0.693. The molecule has 0 spiro atoms. The van der Waals surface area contributed by atoms with Crippen molar-refractivity contribution in [3.63, 3.8) is 0 Å². The van der Waals surface area contributed by atoms with E-state index in [0.717, 1.165) is 16.5 Å². The Hall–Kier alpha value is -2.15. The van der Waals surface area contributed by atoms with E-state index >= 15 is 0 Å². The van der Waals surface area contributed by atoms with Crippen LogP contribution in [0.4, 0.5) is 5.13 Å². The van der Waals surface area contributed by atoms with E-state index < -0.39 is 0 Å². The summed E-state index contributed by atoms with van der Waals surface area (Å²) in [4.78, 5) is 12.0. The second kappa shape index (κ2) is 9.52. The molecule has 0 unspecified atom stereocenters. The van der Waals surface area contributed by atoms with Crippen LogP contribution < -0.4 is 14.8 Å². The highest BCUT2D eigenvalue weighted by Crippen LogP contribution is 2.35. The van der Waals surface area contributed by atoms with Crippen molar-refractivity contribution in [2.45, 2.75) is 50.9 Å². The van der Waals surface area contributed by atoms with E-state index in [2.05, 4.69) is 15.5 Å². The smallest absolute Gasteiger partial charge is 0.226 e. The number of methoxy groups -OCH3 is 1. The van der Waals surface area contributed by atoms with Crippen LogP contribution in [0.3, 0.4) is 0 Å². The molecule has 1 aliphatic rings. The van der Waals surface area contributed by atoms with Crippen molar-refractivity contribution in [2.75, 3.05) is 19.0 Å². The van der Waals surface area contributed by atoms with Gasteiger partial charge in [0.1, 0.15) is 16.5 Å².